The first-order valence-corrected chi connectivity index (χ1v) is 10.5. The standard InChI is InChI=1S/C22H30N4O3/c1-15-13-18(23)22-19(24-15)3-2-4-20(22)29-17-7-5-16(6-8-17)25-21(27)14-26-9-11-28-12-10-26/h2-4,13,16-17H,5-12,14H2,1H3,(H2,23,24)(H,25,27). The highest BCUT2D eigenvalue weighted by Gasteiger charge is 2.25. The van der Waals surface area contributed by atoms with E-state index in [0.717, 1.165) is 61.1 Å². The normalized spacial score (nSPS) is 23.1. The molecule has 2 aromatic rings. The number of nitrogens with one attached hydrogen (secondary N) is 1. The monoisotopic (exact) mass is 398 g/mol. The smallest absolute Gasteiger partial charge is 0.234 e. The molecule has 29 heavy (non-hydrogen) atoms. The molecule has 1 saturated carbocycles. The molecule has 1 saturated heterocycles. The fourth-order valence-corrected chi connectivity index (χ4v) is 4.26. The quantitative estimate of drug-likeness (QED) is 0.803. The van der Waals surface area contributed by atoms with Crippen molar-refractivity contribution in [2.75, 3.05) is 38.6 Å². The lowest BCUT2D eigenvalue weighted by atomic mass is 9.93. The van der Waals surface area contributed by atoms with Gasteiger partial charge in [0.1, 0.15) is 5.75 Å². The van der Waals surface area contributed by atoms with E-state index in [1.807, 2.05) is 31.2 Å². The molecule has 2 heterocycles. The number of anilines is 1. The van der Waals surface area contributed by atoms with Crippen molar-refractivity contribution < 1.29 is 14.3 Å². The number of amides is 1. The minimum atomic E-state index is 0.111. The zero-order valence-corrected chi connectivity index (χ0v) is 17.0. The van der Waals surface area contributed by atoms with Crippen molar-refractivity contribution in [3.63, 3.8) is 0 Å². The Labute approximate surface area is 171 Å². The molecule has 0 unspecified atom stereocenters. The van der Waals surface area contributed by atoms with Crippen molar-refractivity contribution in [3.8, 4) is 5.75 Å². The van der Waals surface area contributed by atoms with Gasteiger partial charge in [0.15, 0.2) is 0 Å². The van der Waals surface area contributed by atoms with Crippen LogP contribution in [-0.2, 0) is 9.53 Å². The van der Waals surface area contributed by atoms with Crippen LogP contribution in [0.1, 0.15) is 31.4 Å². The number of aryl methyl sites for hydroxylation is 1. The summed E-state index contributed by atoms with van der Waals surface area (Å²) in [4.78, 5) is 19.0. The predicted molar refractivity (Wildman–Crippen MR) is 113 cm³/mol. The number of morpholine rings is 1. The summed E-state index contributed by atoms with van der Waals surface area (Å²) in [5, 5.41) is 4.08. The van der Waals surface area contributed by atoms with E-state index in [-0.39, 0.29) is 18.1 Å². The van der Waals surface area contributed by atoms with Crippen molar-refractivity contribution >= 4 is 22.5 Å². The largest absolute Gasteiger partial charge is 0.490 e. The van der Waals surface area contributed by atoms with Crippen LogP contribution < -0.4 is 15.8 Å². The molecule has 1 amide bonds. The molecule has 1 aliphatic carbocycles. The Bertz CT molecular complexity index is 859. The Hall–Kier alpha value is -2.38. The third-order valence-corrected chi connectivity index (χ3v) is 5.76. The molecule has 2 fully saturated rings. The lowest BCUT2D eigenvalue weighted by molar-refractivity contribution is -0.124. The first kappa shape index (κ1) is 19.9. The predicted octanol–water partition coefficient (Wildman–Crippen LogP) is 2.26. The Morgan fingerprint density at radius 3 is 2.79 bits per heavy atom. The van der Waals surface area contributed by atoms with Crippen molar-refractivity contribution in [1.29, 1.82) is 0 Å². The van der Waals surface area contributed by atoms with Gasteiger partial charge in [0, 0.05) is 30.5 Å². The number of pyridine rings is 1. The molecule has 1 aliphatic heterocycles. The maximum atomic E-state index is 12.3. The second-order valence-corrected chi connectivity index (χ2v) is 8.05. The summed E-state index contributed by atoms with van der Waals surface area (Å²) in [6, 6.07) is 8.00. The van der Waals surface area contributed by atoms with Crippen molar-refractivity contribution in [3.05, 3.63) is 30.0 Å². The van der Waals surface area contributed by atoms with E-state index in [1.54, 1.807) is 0 Å². The summed E-state index contributed by atoms with van der Waals surface area (Å²) in [5.41, 5.74) is 8.71. The van der Waals surface area contributed by atoms with Gasteiger partial charge in [-0.05, 0) is 50.8 Å². The molecule has 4 rings (SSSR count). The highest BCUT2D eigenvalue weighted by atomic mass is 16.5. The minimum absolute atomic E-state index is 0.111. The number of ether oxygens (including phenoxy) is 2. The Morgan fingerprint density at radius 1 is 1.28 bits per heavy atom. The van der Waals surface area contributed by atoms with Crippen LogP contribution in [0.25, 0.3) is 10.9 Å². The number of nitrogens with zero attached hydrogens (tertiary/aromatic N) is 2. The number of benzene rings is 1. The van der Waals surface area contributed by atoms with E-state index in [4.69, 9.17) is 15.2 Å². The van der Waals surface area contributed by atoms with E-state index in [1.165, 1.54) is 0 Å². The average Bonchev–Trinajstić information content (AvgIpc) is 2.70. The third-order valence-electron chi connectivity index (χ3n) is 5.76. The highest BCUT2D eigenvalue weighted by molar-refractivity contribution is 5.95. The number of fused-ring (bicyclic) bond motifs is 1. The van der Waals surface area contributed by atoms with Crippen LogP contribution in [0.2, 0.25) is 0 Å². The number of nitrogen functional groups attached to an aromatic ring is 1. The maximum absolute atomic E-state index is 12.3. The number of hydrogen-bond donors (Lipinski definition) is 2. The molecule has 156 valence electrons. The third kappa shape index (κ3) is 4.97. The number of nitrogens with two attached hydrogens (primary N) is 1. The van der Waals surface area contributed by atoms with Gasteiger partial charge in [0.25, 0.3) is 0 Å². The summed E-state index contributed by atoms with van der Waals surface area (Å²) in [6.07, 6.45) is 3.82. The first-order valence-electron chi connectivity index (χ1n) is 10.5. The second kappa shape index (κ2) is 8.97. The number of carbonyl (C=O) groups excluding carboxylic acids is 1. The van der Waals surface area contributed by atoms with Gasteiger partial charge in [-0.15, -0.1) is 0 Å². The number of hydrogen-bond acceptors (Lipinski definition) is 6. The average molecular weight is 399 g/mol. The van der Waals surface area contributed by atoms with Gasteiger partial charge >= 0.3 is 0 Å². The Morgan fingerprint density at radius 2 is 2.03 bits per heavy atom. The van der Waals surface area contributed by atoms with Crippen LogP contribution in [0.3, 0.4) is 0 Å². The van der Waals surface area contributed by atoms with Gasteiger partial charge in [-0.25, -0.2) is 0 Å². The molecule has 3 N–H and O–H groups in total. The Balaban J connectivity index is 1.30. The Kier molecular flexibility index (Phi) is 6.16. The summed E-state index contributed by atoms with van der Waals surface area (Å²) in [6.45, 7) is 5.49. The molecule has 0 spiro atoms. The maximum Gasteiger partial charge on any atom is 0.234 e. The van der Waals surface area contributed by atoms with Crippen LogP contribution in [0.5, 0.6) is 5.75 Å². The molecular formula is C22H30N4O3. The molecule has 2 aliphatic rings. The van der Waals surface area contributed by atoms with E-state index in [9.17, 15) is 4.79 Å². The van der Waals surface area contributed by atoms with Gasteiger partial charge in [0.2, 0.25) is 5.91 Å². The first-order chi connectivity index (χ1) is 14.1. The lowest BCUT2D eigenvalue weighted by Crippen LogP contribution is -2.47. The SMILES string of the molecule is Cc1cc(N)c2c(OC3CCC(NC(=O)CN4CCOCC4)CC3)cccc2n1. The molecule has 1 aromatic carbocycles. The molecule has 1 aromatic heterocycles. The number of carbonyl (C=O) groups is 1. The number of rotatable bonds is 5. The summed E-state index contributed by atoms with van der Waals surface area (Å²) in [7, 11) is 0. The van der Waals surface area contributed by atoms with Crippen LogP contribution in [0.4, 0.5) is 5.69 Å². The zero-order chi connectivity index (χ0) is 20.2. The zero-order valence-electron chi connectivity index (χ0n) is 17.0. The van der Waals surface area contributed by atoms with Crippen molar-refractivity contribution in [2.45, 2.75) is 44.8 Å². The van der Waals surface area contributed by atoms with E-state index in [0.29, 0.717) is 25.4 Å². The van der Waals surface area contributed by atoms with Crippen molar-refractivity contribution in [1.82, 2.24) is 15.2 Å². The van der Waals surface area contributed by atoms with E-state index in [2.05, 4.69) is 15.2 Å². The van der Waals surface area contributed by atoms with Crippen molar-refractivity contribution in [2.24, 2.45) is 0 Å². The minimum Gasteiger partial charge on any atom is -0.490 e. The second-order valence-electron chi connectivity index (χ2n) is 8.05. The van der Waals surface area contributed by atoms with Crippen LogP contribution in [0.15, 0.2) is 24.3 Å². The summed E-state index contributed by atoms with van der Waals surface area (Å²) in [5.74, 6) is 0.909. The highest BCUT2D eigenvalue weighted by Crippen LogP contribution is 2.33. The molecular weight excluding hydrogens is 368 g/mol. The molecule has 0 bridgehead atoms. The van der Waals surface area contributed by atoms with E-state index >= 15 is 0 Å². The summed E-state index contributed by atoms with van der Waals surface area (Å²) >= 11 is 0. The van der Waals surface area contributed by atoms with Crippen LogP contribution >= 0.6 is 0 Å². The fourth-order valence-electron chi connectivity index (χ4n) is 4.26. The van der Waals surface area contributed by atoms with E-state index < -0.39 is 0 Å². The molecule has 7 heteroatoms. The lowest BCUT2D eigenvalue weighted by Gasteiger charge is -2.31. The van der Waals surface area contributed by atoms with Gasteiger partial charge in [0.05, 0.1) is 36.8 Å². The van der Waals surface area contributed by atoms with Gasteiger partial charge in [-0.1, -0.05) is 6.07 Å². The topological polar surface area (TPSA) is 89.7 Å². The van der Waals surface area contributed by atoms with Gasteiger partial charge in [-0.2, -0.15) is 0 Å². The van der Waals surface area contributed by atoms with Crippen LogP contribution in [0, 0.1) is 6.92 Å². The molecule has 0 atom stereocenters. The molecule has 7 nitrogen and oxygen atoms in total. The fraction of sp³-hybridized carbons (Fsp3) is 0.545. The van der Waals surface area contributed by atoms with Gasteiger partial charge in [-0.3, -0.25) is 14.7 Å². The van der Waals surface area contributed by atoms with Gasteiger partial charge < -0.3 is 20.5 Å². The van der Waals surface area contributed by atoms with Crippen LogP contribution in [-0.4, -0.2) is 60.8 Å². The number of aromatic nitrogens is 1. The molecule has 0 radical (unpaired) electrons. The summed E-state index contributed by atoms with van der Waals surface area (Å²) < 4.78 is 11.6.